The molecular weight excluding hydrogens is 366 g/mol. The number of aromatic amines is 1. The first kappa shape index (κ1) is 21.1. The van der Waals surface area contributed by atoms with Gasteiger partial charge in [-0.05, 0) is 75.8 Å². The Hall–Kier alpha value is -2.60. The first-order valence-corrected chi connectivity index (χ1v) is 10.4. The lowest BCUT2D eigenvalue weighted by molar-refractivity contribution is 0.0551. The topological polar surface area (TPSA) is 74.4 Å². The van der Waals surface area contributed by atoms with Crippen LogP contribution in [0.25, 0.3) is 0 Å². The number of methoxy groups -OCH3 is 1. The molecule has 1 aliphatic carbocycles. The maximum absolute atomic E-state index is 13.2. The van der Waals surface area contributed by atoms with Gasteiger partial charge in [-0.2, -0.15) is 0 Å². The van der Waals surface area contributed by atoms with E-state index in [-0.39, 0.29) is 23.1 Å². The maximum Gasteiger partial charge on any atom is 0.263 e. The van der Waals surface area contributed by atoms with Crippen molar-refractivity contribution in [1.29, 1.82) is 0 Å². The lowest BCUT2D eigenvalue weighted by Gasteiger charge is -2.25. The third-order valence-electron chi connectivity index (χ3n) is 5.56. The van der Waals surface area contributed by atoms with Gasteiger partial charge in [-0.25, -0.2) is 0 Å². The van der Waals surface area contributed by atoms with Crippen LogP contribution in [-0.4, -0.2) is 42.1 Å². The molecule has 1 aliphatic rings. The van der Waals surface area contributed by atoms with E-state index in [9.17, 15) is 9.59 Å². The van der Waals surface area contributed by atoms with Crippen molar-refractivity contribution in [2.45, 2.75) is 52.6 Å². The van der Waals surface area contributed by atoms with E-state index in [0.29, 0.717) is 24.5 Å². The van der Waals surface area contributed by atoms with Crippen LogP contribution in [0.15, 0.2) is 29.1 Å². The Morgan fingerprint density at radius 2 is 1.97 bits per heavy atom. The van der Waals surface area contributed by atoms with Crippen molar-refractivity contribution >= 4 is 17.3 Å². The number of benzene rings is 1. The van der Waals surface area contributed by atoms with E-state index < -0.39 is 0 Å². The summed E-state index contributed by atoms with van der Waals surface area (Å²) in [5, 5.41) is 3.33. The summed E-state index contributed by atoms with van der Waals surface area (Å²) in [7, 11) is 1.62. The Bertz CT molecular complexity index is 935. The number of pyridine rings is 1. The van der Waals surface area contributed by atoms with Crippen LogP contribution >= 0.6 is 0 Å². The molecule has 0 bridgehead atoms. The van der Waals surface area contributed by atoms with Crippen molar-refractivity contribution < 1.29 is 9.53 Å². The van der Waals surface area contributed by atoms with Crippen LogP contribution in [0.5, 0.6) is 0 Å². The molecule has 6 heteroatoms. The number of ether oxygens (including phenoxy) is 1. The number of anilines is 2. The predicted octanol–water partition coefficient (Wildman–Crippen LogP) is 3.80. The van der Waals surface area contributed by atoms with E-state index in [1.54, 1.807) is 12.0 Å². The highest BCUT2D eigenvalue weighted by Crippen LogP contribution is 2.27. The molecule has 1 aromatic heterocycles. The number of nitrogens with one attached hydrogen (secondary N) is 2. The minimum atomic E-state index is -0.376. The SMILES string of the molecule is CCN(CC(C)OC)C(=O)c1c(Nc2ccc3c(c2)CCCC3)cc(C)[nH]c1=O. The fourth-order valence-corrected chi connectivity index (χ4v) is 3.86. The lowest BCUT2D eigenvalue weighted by atomic mass is 9.91. The van der Waals surface area contributed by atoms with Gasteiger partial charge in [0.1, 0.15) is 5.56 Å². The largest absolute Gasteiger partial charge is 0.380 e. The molecule has 1 heterocycles. The van der Waals surface area contributed by atoms with Gasteiger partial charge in [0, 0.05) is 31.6 Å². The van der Waals surface area contributed by atoms with Crippen LogP contribution in [-0.2, 0) is 17.6 Å². The zero-order valence-corrected chi connectivity index (χ0v) is 17.8. The third-order valence-corrected chi connectivity index (χ3v) is 5.56. The van der Waals surface area contributed by atoms with Crippen molar-refractivity contribution in [3.63, 3.8) is 0 Å². The molecule has 0 radical (unpaired) electrons. The summed E-state index contributed by atoms with van der Waals surface area (Å²) < 4.78 is 5.30. The fourth-order valence-electron chi connectivity index (χ4n) is 3.86. The molecule has 0 spiro atoms. The number of nitrogens with zero attached hydrogens (tertiary/aromatic N) is 1. The summed E-state index contributed by atoms with van der Waals surface area (Å²) in [5.74, 6) is -0.293. The van der Waals surface area contributed by atoms with Gasteiger partial charge < -0.3 is 19.9 Å². The molecule has 0 aliphatic heterocycles. The number of aromatic nitrogens is 1. The second kappa shape index (κ2) is 9.27. The molecule has 1 amide bonds. The highest BCUT2D eigenvalue weighted by molar-refractivity contribution is 6.00. The second-order valence-electron chi connectivity index (χ2n) is 7.78. The number of carbonyl (C=O) groups excluding carboxylic acids is 1. The molecule has 1 aromatic carbocycles. The number of hydrogen-bond donors (Lipinski definition) is 2. The van der Waals surface area contributed by atoms with Gasteiger partial charge in [-0.1, -0.05) is 6.07 Å². The van der Waals surface area contributed by atoms with Gasteiger partial charge in [-0.3, -0.25) is 9.59 Å². The van der Waals surface area contributed by atoms with Crippen LogP contribution in [0.1, 0.15) is 53.9 Å². The Labute approximate surface area is 172 Å². The highest BCUT2D eigenvalue weighted by Gasteiger charge is 2.23. The van der Waals surface area contributed by atoms with E-state index in [2.05, 4.69) is 22.4 Å². The van der Waals surface area contributed by atoms with Gasteiger partial charge in [-0.15, -0.1) is 0 Å². The second-order valence-corrected chi connectivity index (χ2v) is 7.78. The normalized spacial score (nSPS) is 14.2. The number of carbonyl (C=O) groups is 1. The molecular formula is C23H31N3O3. The summed E-state index contributed by atoms with van der Waals surface area (Å²) >= 11 is 0. The molecule has 1 atom stereocenters. The van der Waals surface area contributed by atoms with Crippen molar-refractivity contribution in [3.8, 4) is 0 Å². The van der Waals surface area contributed by atoms with E-state index in [1.807, 2.05) is 32.9 Å². The molecule has 3 rings (SSSR count). The fraction of sp³-hybridized carbons (Fsp3) is 0.478. The number of fused-ring (bicyclic) bond motifs is 1. The van der Waals surface area contributed by atoms with Gasteiger partial charge in [0.2, 0.25) is 0 Å². The molecule has 1 unspecified atom stereocenters. The molecule has 0 fully saturated rings. The molecule has 2 aromatic rings. The number of aryl methyl sites for hydroxylation is 3. The Morgan fingerprint density at radius 1 is 1.24 bits per heavy atom. The van der Waals surface area contributed by atoms with Crippen LogP contribution < -0.4 is 10.9 Å². The minimum Gasteiger partial charge on any atom is -0.380 e. The highest BCUT2D eigenvalue weighted by atomic mass is 16.5. The maximum atomic E-state index is 13.2. The molecule has 0 saturated carbocycles. The van der Waals surface area contributed by atoms with Gasteiger partial charge in [0.15, 0.2) is 0 Å². The van der Waals surface area contributed by atoms with Crippen LogP contribution in [0.3, 0.4) is 0 Å². The summed E-state index contributed by atoms with van der Waals surface area (Å²) in [6.07, 6.45) is 4.52. The smallest absolute Gasteiger partial charge is 0.263 e. The Morgan fingerprint density at radius 3 is 2.66 bits per heavy atom. The van der Waals surface area contributed by atoms with Crippen LogP contribution in [0.2, 0.25) is 0 Å². The zero-order chi connectivity index (χ0) is 21.0. The van der Waals surface area contributed by atoms with Gasteiger partial charge in [0.05, 0.1) is 11.8 Å². The number of rotatable bonds is 7. The quantitative estimate of drug-likeness (QED) is 0.745. The van der Waals surface area contributed by atoms with Crippen molar-refractivity contribution in [2.24, 2.45) is 0 Å². The van der Waals surface area contributed by atoms with E-state index >= 15 is 0 Å². The van der Waals surface area contributed by atoms with Crippen molar-refractivity contribution in [3.05, 3.63) is 57.0 Å². The van der Waals surface area contributed by atoms with Crippen LogP contribution in [0, 0.1) is 6.92 Å². The number of H-pyrrole nitrogens is 1. The number of likely N-dealkylation sites (N-methyl/N-ethyl adjacent to an activating group) is 1. The van der Waals surface area contributed by atoms with E-state index in [4.69, 9.17) is 4.74 Å². The van der Waals surface area contributed by atoms with Gasteiger partial charge >= 0.3 is 0 Å². The Kier molecular flexibility index (Phi) is 6.75. The molecule has 156 valence electrons. The monoisotopic (exact) mass is 397 g/mol. The number of amides is 1. The van der Waals surface area contributed by atoms with Crippen molar-refractivity contribution in [2.75, 3.05) is 25.5 Å². The Balaban J connectivity index is 1.95. The average molecular weight is 398 g/mol. The lowest BCUT2D eigenvalue weighted by Crippen LogP contribution is -2.40. The molecule has 0 saturated heterocycles. The standard InChI is InChI=1S/C23H31N3O3/c1-5-26(14-16(3)29-4)23(28)21-20(12-15(2)24-22(21)27)25-19-11-10-17-8-6-7-9-18(17)13-19/h10-13,16H,5-9,14H2,1-4H3,(H2,24,25,27). The zero-order valence-electron chi connectivity index (χ0n) is 17.8. The van der Waals surface area contributed by atoms with Crippen molar-refractivity contribution in [1.82, 2.24) is 9.88 Å². The summed E-state index contributed by atoms with van der Waals surface area (Å²) in [4.78, 5) is 30.4. The summed E-state index contributed by atoms with van der Waals surface area (Å²) in [5.41, 5.74) is 4.65. The van der Waals surface area contributed by atoms with Crippen LogP contribution in [0.4, 0.5) is 11.4 Å². The molecule has 2 N–H and O–H groups in total. The third kappa shape index (κ3) is 4.88. The molecule has 6 nitrogen and oxygen atoms in total. The van der Waals surface area contributed by atoms with Gasteiger partial charge in [0.25, 0.3) is 11.5 Å². The summed E-state index contributed by atoms with van der Waals surface area (Å²) in [6, 6.07) is 8.14. The first-order chi connectivity index (χ1) is 13.9. The minimum absolute atomic E-state index is 0.111. The first-order valence-electron chi connectivity index (χ1n) is 10.4. The van der Waals surface area contributed by atoms with E-state index in [0.717, 1.165) is 18.5 Å². The average Bonchev–Trinajstić information content (AvgIpc) is 2.71. The van der Waals surface area contributed by atoms with E-state index in [1.165, 1.54) is 24.0 Å². The predicted molar refractivity (Wildman–Crippen MR) is 116 cm³/mol. The summed E-state index contributed by atoms with van der Waals surface area (Å²) in [6.45, 7) is 6.55. The number of hydrogen-bond acceptors (Lipinski definition) is 4. The molecule has 29 heavy (non-hydrogen) atoms.